The van der Waals surface area contributed by atoms with E-state index < -0.39 is 11.9 Å². The number of nitrogens with zero attached hydrogens (tertiary/aromatic N) is 1. The third-order valence-electron chi connectivity index (χ3n) is 4.51. The zero-order valence-electron chi connectivity index (χ0n) is 12.5. The zero-order valence-corrected chi connectivity index (χ0v) is 12.5. The van der Waals surface area contributed by atoms with E-state index >= 15 is 0 Å². The quantitative estimate of drug-likeness (QED) is 0.902. The number of piperidine rings is 1. The molecule has 1 amide bonds. The van der Waals surface area contributed by atoms with Crippen LogP contribution in [0.25, 0.3) is 0 Å². The van der Waals surface area contributed by atoms with Gasteiger partial charge in [-0.1, -0.05) is 30.3 Å². The largest absolute Gasteiger partial charge is 0.481 e. The highest BCUT2D eigenvalue weighted by Crippen LogP contribution is 2.40. The molecule has 1 aromatic carbocycles. The Labute approximate surface area is 129 Å². The second kappa shape index (κ2) is 6.48. The first-order valence-corrected chi connectivity index (χ1v) is 7.82. The molecule has 1 aliphatic carbocycles. The molecule has 1 aromatic rings. The molecule has 2 unspecified atom stereocenters. The van der Waals surface area contributed by atoms with E-state index in [1.165, 1.54) is 0 Å². The van der Waals surface area contributed by atoms with Crippen LogP contribution in [0, 0.1) is 11.8 Å². The number of carbonyl (C=O) groups is 2. The fraction of sp³-hybridized carbons (Fsp3) is 0.529. The molecule has 1 saturated carbocycles. The third-order valence-corrected chi connectivity index (χ3v) is 4.51. The van der Waals surface area contributed by atoms with Crippen molar-refractivity contribution in [1.29, 1.82) is 0 Å². The number of likely N-dealkylation sites (tertiary alicyclic amines) is 1. The van der Waals surface area contributed by atoms with E-state index in [1.807, 2.05) is 30.3 Å². The van der Waals surface area contributed by atoms with Crippen molar-refractivity contribution in [2.75, 3.05) is 13.1 Å². The number of carboxylic acid groups (broad SMARTS) is 1. The van der Waals surface area contributed by atoms with Crippen LogP contribution < -0.4 is 0 Å². The van der Waals surface area contributed by atoms with Gasteiger partial charge in [-0.3, -0.25) is 9.59 Å². The summed E-state index contributed by atoms with van der Waals surface area (Å²) in [5, 5.41) is 8.90. The summed E-state index contributed by atoms with van der Waals surface area (Å²) in [5.41, 5.74) is 1.16. The summed E-state index contributed by atoms with van der Waals surface area (Å²) in [4.78, 5) is 24.8. The van der Waals surface area contributed by atoms with E-state index in [2.05, 4.69) is 0 Å². The molecule has 5 heteroatoms. The second-order valence-corrected chi connectivity index (χ2v) is 6.11. The Bertz CT molecular complexity index is 537. The smallest absolute Gasteiger partial charge is 0.307 e. The Morgan fingerprint density at radius 1 is 1.14 bits per heavy atom. The predicted octanol–water partition coefficient (Wildman–Crippen LogP) is 1.91. The lowest BCUT2D eigenvalue weighted by Crippen LogP contribution is -2.42. The summed E-state index contributed by atoms with van der Waals surface area (Å²) in [6.45, 7) is 1.94. The van der Waals surface area contributed by atoms with Crippen LogP contribution in [-0.4, -0.2) is 41.1 Å². The van der Waals surface area contributed by atoms with Gasteiger partial charge in [0.05, 0.1) is 24.5 Å². The van der Waals surface area contributed by atoms with E-state index in [-0.39, 0.29) is 17.9 Å². The Balaban J connectivity index is 1.41. The van der Waals surface area contributed by atoms with Crippen molar-refractivity contribution >= 4 is 11.9 Å². The summed E-state index contributed by atoms with van der Waals surface area (Å²) < 4.78 is 5.90. The fourth-order valence-electron chi connectivity index (χ4n) is 3.01. The lowest BCUT2D eigenvalue weighted by molar-refractivity contribution is -0.142. The minimum atomic E-state index is -0.848. The number of hydrogen-bond acceptors (Lipinski definition) is 3. The molecule has 0 bridgehead atoms. The molecular weight excluding hydrogens is 282 g/mol. The van der Waals surface area contributed by atoms with Gasteiger partial charge in [0, 0.05) is 13.1 Å². The van der Waals surface area contributed by atoms with Gasteiger partial charge in [0.2, 0.25) is 5.91 Å². The maximum absolute atomic E-state index is 12.2. The van der Waals surface area contributed by atoms with Crippen LogP contribution >= 0.6 is 0 Å². The number of amides is 1. The van der Waals surface area contributed by atoms with Gasteiger partial charge in [0.25, 0.3) is 0 Å². The molecule has 3 rings (SSSR count). The summed E-state index contributed by atoms with van der Waals surface area (Å²) >= 11 is 0. The highest BCUT2D eigenvalue weighted by Gasteiger charge is 2.50. The van der Waals surface area contributed by atoms with Gasteiger partial charge in [0.1, 0.15) is 0 Å². The van der Waals surface area contributed by atoms with E-state index in [9.17, 15) is 9.59 Å². The third kappa shape index (κ3) is 3.47. The van der Waals surface area contributed by atoms with Crippen molar-refractivity contribution in [2.24, 2.45) is 11.8 Å². The lowest BCUT2D eigenvalue weighted by Gasteiger charge is -2.32. The average molecular weight is 303 g/mol. The maximum atomic E-state index is 12.2. The molecule has 1 N–H and O–H groups in total. The molecule has 5 nitrogen and oxygen atoms in total. The molecule has 118 valence electrons. The normalized spacial score (nSPS) is 25.0. The van der Waals surface area contributed by atoms with Crippen LogP contribution in [0.15, 0.2) is 30.3 Å². The molecule has 2 fully saturated rings. The highest BCUT2D eigenvalue weighted by atomic mass is 16.5. The van der Waals surface area contributed by atoms with Crippen LogP contribution in [0.3, 0.4) is 0 Å². The molecule has 0 aromatic heterocycles. The molecule has 0 radical (unpaired) electrons. The number of aliphatic carboxylic acids is 1. The van der Waals surface area contributed by atoms with E-state index in [0.29, 0.717) is 26.1 Å². The summed E-state index contributed by atoms with van der Waals surface area (Å²) in [7, 11) is 0. The molecule has 2 atom stereocenters. The Kier molecular flexibility index (Phi) is 4.43. The van der Waals surface area contributed by atoms with E-state index in [1.54, 1.807) is 4.90 Å². The van der Waals surface area contributed by atoms with Crippen LogP contribution in [-0.2, 0) is 20.9 Å². The van der Waals surface area contributed by atoms with Crippen molar-refractivity contribution in [3.05, 3.63) is 35.9 Å². The molecule has 1 aliphatic heterocycles. The van der Waals surface area contributed by atoms with Crippen LogP contribution in [0.2, 0.25) is 0 Å². The van der Waals surface area contributed by atoms with Gasteiger partial charge in [-0.15, -0.1) is 0 Å². The lowest BCUT2D eigenvalue weighted by atomic mass is 10.1. The molecule has 22 heavy (non-hydrogen) atoms. The average Bonchev–Trinajstić information content (AvgIpc) is 3.35. The standard InChI is InChI=1S/C17H21NO4/c19-16(14-10-15(14)17(20)21)18-8-6-13(7-9-18)22-11-12-4-2-1-3-5-12/h1-5,13-15H,6-11H2,(H,20,21). The van der Waals surface area contributed by atoms with Gasteiger partial charge in [-0.25, -0.2) is 0 Å². The second-order valence-electron chi connectivity index (χ2n) is 6.11. The number of rotatable bonds is 5. The van der Waals surface area contributed by atoms with Crippen LogP contribution in [0.4, 0.5) is 0 Å². The number of benzene rings is 1. The zero-order chi connectivity index (χ0) is 15.5. The topological polar surface area (TPSA) is 66.8 Å². The van der Waals surface area contributed by atoms with Crippen LogP contribution in [0.5, 0.6) is 0 Å². The van der Waals surface area contributed by atoms with Crippen molar-refractivity contribution in [3.8, 4) is 0 Å². The van der Waals surface area contributed by atoms with Crippen molar-refractivity contribution in [2.45, 2.75) is 32.0 Å². The molecule has 0 spiro atoms. The molecule has 2 aliphatic rings. The summed E-state index contributed by atoms with van der Waals surface area (Å²) in [5.74, 6) is -1.59. The minimum Gasteiger partial charge on any atom is -0.481 e. The molecule has 1 heterocycles. The van der Waals surface area contributed by atoms with Crippen LogP contribution in [0.1, 0.15) is 24.8 Å². The first kappa shape index (κ1) is 15.0. The predicted molar refractivity (Wildman–Crippen MR) is 80.1 cm³/mol. The molecular formula is C17H21NO4. The minimum absolute atomic E-state index is 0.00825. The maximum Gasteiger partial charge on any atom is 0.307 e. The Hall–Kier alpha value is -1.88. The summed E-state index contributed by atoms with van der Waals surface area (Å²) in [6, 6.07) is 10.0. The Morgan fingerprint density at radius 3 is 2.41 bits per heavy atom. The van der Waals surface area contributed by atoms with Gasteiger partial charge >= 0.3 is 5.97 Å². The Morgan fingerprint density at radius 2 is 1.82 bits per heavy atom. The summed E-state index contributed by atoms with van der Waals surface area (Å²) in [6.07, 6.45) is 2.32. The highest BCUT2D eigenvalue weighted by molar-refractivity contribution is 5.89. The molecule has 1 saturated heterocycles. The number of ether oxygens (including phenoxy) is 1. The van der Waals surface area contributed by atoms with Gasteiger partial charge < -0.3 is 14.7 Å². The van der Waals surface area contributed by atoms with E-state index in [4.69, 9.17) is 9.84 Å². The number of carboxylic acids is 1. The van der Waals surface area contributed by atoms with Gasteiger partial charge in [0.15, 0.2) is 0 Å². The van der Waals surface area contributed by atoms with Crippen molar-refractivity contribution < 1.29 is 19.4 Å². The first-order valence-electron chi connectivity index (χ1n) is 7.82. The number of hydrogen-bond donors (Lipinski definition) is 1. The van der Waals surface area contributed by atoms with Crippen molar-refractivity contribution in [1.82, 2.24) is 4.90 Å². The van der Waals surface area contributed by atoms with Crippen molar-refractivity contribution in [3.63, 3.8) is 0 Å². The van der Waals surface area contributed by atoms with Gasteiger partial charge in [-0.2, -0.15) is 0 Å². The van der Waals surface area contributed by atoms with E-state index in [0.717, 1.165) is 18.4 Å². The SMILES string of the molecule is O=C(O)C1CC1C(=O)N1CCC(OCc2ccccc2)CC1. The first-order chi connectivity index (χ1) is 10.6. The fourth-order valence-corrected chi connectivity index (χ4v) is 3.01. The number of carbonyl (C=O) groups excluding carboxylic acids is 1. The monoisotopic (exact) mass is 303 g/mol. The van der Waals surface area contributed by atoms with Gasteiger partial charge in [-0.05, 0) is 24.8 Å².